The highest BCUT2D eigenvalue weighted by Gasteiger charge is 2.30. The summed E-state index contributed by atoms with van der Waals surface area (Å²) in [4.78, 5) is 28.7. The molecule has 0 aromatic heterocycles. The monoisotopic (exact) mass is 508 g/mol. The number of hydrogen-bond donors (Lipinski definition) is 1. The van der Waals surface area contributed by atoms with E-state index >= 15 is 0 Å². The topological polar surface area (TPSA) is 49.4 Å². The van der Waals surface area contributed by atoms with Gasteiger partial charge < -0.3 is 10.2 Å². The highest BCUT2D eigenvalue weighted by Crippen LogP contribution is 2.20. The Bertz CT molecular complexity index is 1090. The maximum Gasteiger partial charge on any atom is 0.243 e. The van der Waals surface area contributed by atoms with E-state index in [1.54, 1.807) is 16.7 Å². The molecule has 1 atom stereocenters. The SMILES string of the molecule is Cc1ccc(CN(C(=O)CSCc2ccc(Cl)cc2)C(Cc2ccccc2)C(=O)NC(C)C)cc1. The van der Waals surface area contributed by atoms with Crippen LogP contribution in [0.2, 0.25) is 5.02 Å². The van der Waals surface area contributed by atoms with Crippen molar-refractivity contribution in [2.24, 2.45) is 0 Å². The molecule has 0 saturated heterocycles. The zero-order chi connectivity index (χ0) is 25.2. The molecule has 2 amide bonds. The van der Waals surface area contributed by atoms with Crippen LogP contribution in [-0.2, 0) is 28.3 Å². The number of hydrogen-bond acceptors (Lipinski definition) is 3. The van der Waals surface area contributed by atoms with Gasteiger partial charge >= 0.3 is 0 Å². The van der Waals surface area contributed by atoms with Crippen LogP contribution >= 0.6 is 23.4 Å². The van der Waals surface area contributed by atoms with Crippen LogP contribution < -0.4 is 5.32 Å². The van der Waals surface area contributed by atoms with Gasteiger partial charge in [-0.25, -0.2) is 0 Å². The lowest BCUT2D eigenvalue weighted by Gasteiger charge is -2.32. The predicted octanol–water partition coefficient (Wildman–Crippen LogP) is 6.05. The molecule has 0 aliphatic heterocycles. The molecule has 0 aliphatic carbocycles. The summed E-state index contributed by atoms with van der Waals surface area (Å²) in [7, 11) is 0. The van der Waals surface area contributed by atoms with E-state index in [1.165, 1.54) is 0 Å². The summed E-state index contributed by atoms with van der Waals surface area (Å²) in [5.74, 6) is 0.800. The largest absolute Gasteiger partial charge is 0.352 e. The number of aryl methyl sites for hydroxylation is 1. The molecule has 0 bridgehead atoms. The summed E-state index contributed by atoms with van der Waals surface area (Å²) >= 11 is 7.53. The Hall–Kier alpha value is -2.76. The van der Waals surface area contributed by atoms with Gasteiger partial charge in [0.2, 0.25) is 11.8 Å². The highest BCUT2D eigenvalue weighted by molar-refractivity contribution is 7.99. The van der Waals surface area contributed by atoms with Crippen LogP contribution in [-0.4, -0.2) is 34.6 Å². The number of carbonyl (C=O) groups excluding carboxylic acids is 2. The van der Waals surface area contributed by atoms with E-state index in [0.717, 1.165) is 22.3 Å². The van der Waals surface area contributed by atoms with E-state index in [1.807, 2.05) is 99.6 Å². The van der Waals surface area contributed by atoms with Crippen molar-refractivity contribution in [2.75, 3.05) is 5.75 Å². The molecule has 1 N–H and O–H groups in total. The molecule has 0 aliphatic rings. The van der Waals surface area contributed by atoms with Crippen LogP contribution in [0.15, 0.2) is 78.9 Å². The first kappa shape index (κ1) is 26.8. The van der Waals surface area contributed by atoms with Gasteiger partial charge in [0.05, 0.1) is 5.75 Å². The summed E-state index contributed by atoms with van der Waals surface area (Å²) in [6, 6.07) is 25.0. The van der Waals surface area contributed by atoms with Gasteiger partial charge in [0, 0.05) is 29.8 Å². The second kappa shape index (κ2) is 13.4. The molecule has 0 radical (unpaired) electrons. The summed E-state index contributed by atoms with van der Waals surface area (Å²) in [5, 5.41) is 3.72. The van der Waals surface area contributed by atoms with Gasteiger partial charge in [-0.15, -0.1) is 11.8 Å². The van der Waals surface area contributed by atoms with E-state index in [-0.39, 0.29) is 23.6 Å². The first-order chi connectivity index (χ1) is 16.8. The minimum atomic E-state index is -0.607. The Morgan fingerprint density at radius 2 is 1.51 bits per heavy atom. The summed E-state index contributed by atoms with van der Waals surface area (Å²) in [5.41, 5.74) is 4.29. The van der Waals surface area contributed by atoms with E-state index < -0.39 is 6.04 Å². The molecule has 6 heteroatoms. The number of thioether (sulfide) groups is 1. The van der Waals surface area contributed by atoms with Gasteiger partial charge in [0.25, 0.3) is 0 Å². The lowest BCUT2D eigenvalue weighted by molar-refractivity contribution is -0.139. The lowest BCUT2D eigenvalue weighted by atomic mass is 10.0. The number of benzene rings is 3. The quantitative estimate of drug-likeness (QED) is 0.343. The van der Waals surface area contributed by atoms with Gasteiger partial charge in [-0.05, 0) is 49.6 Å². The average molecular weight is 509 g/mol. The fourth-order valence-electron chi connectivity index (χ4n) is 3.74. The highest BCUT2D eigenvalue weighted by atomic mass is 35.5. The minimum Gasteiger partial charge on any atom is -0.352 e. The van der Waals surface area contributed by atoms with Crippen LogP contribution in [0.25, 0.3) is 0 Å². The molecule has 184 valence electrons. The van der Waals surface area contributed by atoms with Crippen molar-refractivity contribution in [2.45, 2.75) is 51.6 Å². The van der Waals surface area contributed by atoms with Crippen LogP contribution in [0.3, 0.4) is 0 Å². The number of nitrogens with one attached hydrogen (secondary N) is 1. The van der Waals surface area contributed by atoms with Gasteiger partial charge in [-0.3, -0.25) is 9.59 Å². The molecular weight excluding hydrogens is 476 g/mol. The first-order valence-electron chi connectivity index (χ1n) is 11.8. The fourth-order valence-corrected chi connectivity index (χ4v) is 4.74. The second-order valence-electron chi connectivity index (χ2n) is 9.00. The molecule has 1 unspecified atom stereocenters. The fraction of sp³-hybridized carbons (Fsp3) is 0.310. The van der Waals surface area contributed by atoms with Crippen LogP contribution in [0.4, 0.5) is 0 Å². The van der Waals surface area contributed by atoms with Crippen molar-refractivity contribution in [3.8, 4) is 0 Å². The maximum absolute atomic E-state index is 13.6. The summed E-state index contributed by atoms with van der Waals surface area (Å²) < 4.78 is 0. The van der Waals surface area contributed by atoms with Crippen LogP contribution in [0.1, 0.15) is 36.1 Å². The molecule has 0 heterocycles. The zero-order valence-corrected chi connectivity index (χ0v) is 22.1. The van der Waals surface area contributed by atoms with Gasteiger partial charge in [0.1, 0.15) is 6.04 Å². The smallest absolute Gasteiger partial charge is 0.243 e. The van der Waals surface area contributed by atoms with Crippen molar-refractivity contribution in [1.29, 1.82) is 0 Å². The van der Waals surface area contributed by atoms with Gasteiger partial charge in [-0.1, -0.05) is 83.9 Å². The van der Waals surface area contributed by atoms with E-state index in [2.05, 4.69) is 5.32 Å². The van der Waals surface area contributed by atoms with Crippen LogP contribution in [0.5, 0.6) is 0 Å². The molecule has 3 rings (SSSR count). The Balaban J connectivity index is 1.83. The molecule has 0 spiro atoms. The average Bonchev–Trinajstić information content (AvgIpc) is 2.84. The third-order valence-corrected chi connectivity index (χ3v) is 6.82. The van der Waals surface area contributed by atoms with Gasteiger partial charge in [-0.2, -0.15) is 0 Å². The molecule has 3 aromatic carbocycles. The zero-order valence-electron chi connectivity index (χ0n) is 20.5. The van der Waals surface area contributed by atoms with E-state index in [9.17, 15) is 9.59 Å². The molecule has 35 heavy (non-hydrogen) atoms. The minimum absolute atomic E-state index is 0.0172. The normalized spacial score (nSPS) is 11.8. The van der Waals surface area contributed by atoms with Crippen molar-refractivity contribution >= 4 is 35.2 Å². The molecule has 0 saturated carbocycles. The molecule has 0 fully saturated rings. The molecular formula is C29H33ClN2O2S. The number of rotatable bonds is 11. The molecule has 4 nitrogen and oxygen atoms in total. The van der Waals surface area contributed by atoms with Crippen molar-refractivity contribution in [3.05, 3.63) is 106 Å². The summed E-state index contributed by atoms with van der Waals surface area (Å²) in [6.07, 6.45) is 0.457. The maximum atomic E-state index is 13.6. The number of amides is 2. The molecule has 3 aromatic rings. The predicted molar refractivity (Wildman–Crippen MR) is 147 cm³/mol. The summed E-state index contributed by atoms with van der Waals surface area (Å²) in [6.45, 7) is 6.29. The second-order valence-corrected chi connectivity index (χ2v) is 10.4. The Morgan fingerprint density at radius 3 is 2.14 bits per heavy atom. The third-order valence-electron chi connectivity index (χ3n) is 5.58. The van der Waals surface area contributed by atoms with E-state index in [0.29, 0.717) is 23.7 Å². The van der Waals surface area contributed by atoms with Crippen molar-refractivity contribution in [1.82, 2.24) is 10.2 Å². The number of carbonyl (C=O) groups is 2. The van der Waals surface area contributed by atoms with Crippen molar-refractivity contribution < 1.29 is 9.59 Å². The standard InChI is InChI=1S/C29H33ClN2O2S/c1-21(2)31-29(34)27(17-23-7-5-4-6-8-23)32(18-24-11-9-22(3)10-12-24)28(33)20-35-19-25-13-15-26(30)16-14-25/h4-16,21,27H,17-20H2,1-3H3,(H,31,34). The Morgan fingerprint density at radius 1 is 0.886 bits per heavy atom. The third kappa shape index (κ3) is 8.75. The van der Waals surface area contributed by atoms with Crippen molar-refractivity contribution in [3.63, 3.8) is 0 Å². The first-order valence-corrected chi connectivity index (χ1v) is 13.4. The van der Waals surface area contributed by atoms with Crippen LogP contribution in [0, 0.1) is 6.92 Å². The van der Waals surface area contributed by atoms with E-state index in [4.69, 9.17) is 11.6 Å². The Labute approximate surface area is 218 Å². The number of nitrogens with zero attached hydrogens (tertiary/aromatic N) is 1. The lowest BCUT2D eigenvalue weighted by Crippen LogP contribution is -2.52. The number of halogens is 1. The Kier molecular flexibility index (Phi) is 10.2. The van der Waals surface area contributed by atoms with Gasteiger partial charge in [0.15, 0.2) is 0 Å².